The highest BCUT2D eigenvalue weighted by atomic mass is 79.9. The minimum atomic E-state index is -0.342. The number of benzene rings is 1. The third-order valence-electron chi connectivity index (χ3n) is 1.79. The van der Waals surface area contributed by atoms with Crippen LogP contribution in [0.5, 0.6) is 0 Å². The molecule has 2 N–H and O–H groups in total. The maximum absolute atomic E-state index is 11.5. The Kier molecular flexibility index (Phi) is 3.85. The van der Waals surface area contributed by atoms with Gasteiger partial charge in [0.1, 0.15) is 0 Å². The van der Waals surface area contributed by atoms with Gasteiger partial charge in [-0.15, -0.1) is 0 Å². The molecule has 0 heterocycles. The van der Waals surface area contributed by atoms with Gasteiger partial charge in [-0.05, 0) is 24.6 Å². The summed E-state index contributed by atoms with van der Waals surface area (Å²) >= 11 is 3.33. The maximum Gasteiger partial charge on any atom is 0.269 e. The third-order valence-corrected chi connectivity index (χ3v) is 2.64. The van der Waals surface area contributed by atoms with Gasteiger partial charge in [-0.2, -0.15) is 0 Å². The van der Waals surface area contributed by atoms with E-state index in [1.165, 1.54) is 6.92 Å². The van der Waals surface area contributed by atoms with E-state index >= 15 is 0 Å². The van der Waals surface area contributed by atoms with Crippen LogP contribution in [0.15, 0.2) is 22.7 Å². The molecule has 5 heteroatoms. The van der Waals surface area contributed by atoms with Crippen molar-refractivity contribution in [2.45, 2.75) is 13.8 Å². The Morgan fingerprint density at radius 3 is 2.47 bits per heavy atom. The molecule has 0 atom stereocenters. The van der Waals surface area contributed by atoms with Crippen LogP contribution in [0.3, 0.4) is 0 Å². The molecule has 0 saturated carbocycles. The molecule has 2 amide bonds. The number of amides is 2. The minimum absolute atomic E-state index is 0.311. The molecule has 1 rings (SSSR count). The highest BCUT2D eigenvalue weighted by molar-refractivity contribution is 9.10. The van der Waals surface area contributed by atoms with Crippen LogP contribution in [0.25, 0.3) is 0 Å². The summed E-state index contributed by atoms with van der Waals surface area (Å²) in [6, 6.07) is 5.22. The van der Waals surface area contributed by atoms with Crippen LogP contribution in [0.4, 0.5) is 0 Å². The molecule has 0 aliphatic heterocycles. The molecule has 0 bridgehead atoms. The Hall–Kier alpha value is -1.36. The van der Waals surface area contributed by atoms with E-state index in [9.17, 15) is 9.59 Å². The van der Waals surface area contributed by atoms with E-state index in [1.807, 2.05) is 13.0 Å². The van der Waals surface area contributed by atoms with Crippen molar-refractivity contribution in [1.29, 1.82) is 0 Å². The summed E-state index contributed by atoms with van der Waals surface area (Å²) in [6.45, 7) is 3.25. The zero-order valence-corrected chi connectivity index (χ0v) is 10.0. The first-order chi connectivity index (χ1) is 7.00. The van der Waals surface area contributed by atoms with Crippen molar-refractivity contribution in [3.05, 3.63) is 33.8 Å². The molecule has 80 valence electrons. The fraction of sp³-hybridized carbons (Fsp3) is 0.200. The first kappa shape index (κ1) is 11.7. The quantitative estimate of drug-likeness (QED) is 0.761. The standard InChI is InChI=1S/C10H11BrN2O2/c1-6-3-4-8(5-9(6)11)10(15)13-12-7(2)14/h3-5H,1-2H3,(H,12,14)(H,13,15). The van der Waals surface area contributed by atoms with Crippen molar-refractivity contribution in [2.24, 2.45) is 0 Å². The molecular weight excluding hydrogens is 260 g/mol. The van der Waals surface area contributed by atoms with Crippen molar-refractivity contribution in [3.63, 3.8) is 0 Å². The summed E-state index contributed by atoms with van der Waals surface area (Å²) in [5.74, 6) is -0.652. The van der Waals surface area contributed by atoms with Gasteiger partial charge in [0, 0.05) is 17.0 Å². The molecule has 0 unspecified atom stereocenters. The van der Waals surface area contributed by atoms with Gasteiger partial charge in [0.15, 0.2) is 0 Å². The molecule has 0 spiro atoms. The summed E-state index contributed by atoms with van der Waals surface area (Å²) in [5, 5.41) is 0. The van der Waals surface area contributed by atoms with Gasteiger partial charge in [0.2, 0.25) is 5.91 Å². The number of rotatable bonds is 1. The average molecular weight is 271 g/mol. The predicted octanol–water partition coefficient (Wildman–Crippen LogP) is 1.54. The first-order valence-electron chi connectivity index (χ1n) is 4.34. The van der Waals surface area contributed by atoms with Gasteiger partial charge in [-0.25, -0.2) is 0 Å². The van der Waals surface area contributed by atoms with Crippen molar-refractivity contribution in [2.75, 3.05) is 0 Å². The van der Waals surface area contributed by atoms with Crippen molar-refractivity contribution < 1.29 is 9.59 Å². The molecule has 0 aliphatic rings. The smallest absolute Gasteiger partial charge is 0.269 e. The van der Waals surface area contributed by atoms with Gasteiger partial charge in [0.25, 0.3) is 5.91 Å². The fourth-order valence-corrected chi connectivity index (χ4v) is 1.33. The second-order valence-corrected chi connectivity index (χ2v) is 3.95. The largest absolute Gasteiger partial charge is 0.274 e. The molecule has 0 fully saturated rings. The van der Waals surface area contributed by atoms with Crippen LogP contribution in [0.1, 0.15) is 22.8 Å². The zero-order chi connectivity index (χ0) is 11.4. The SMILES string of the molecule is CC(=O)NNC(=O)c1ccc(C)c(Br)c1. The average Bonchev–Trinajstić information content (AvgIpc) is 2.18. The summed E-state index contributed by atoms with van der Waals surface area (Å²) in [7, 11) is 0. The molecule has 1 aromatic carbocycles. The fourth-order valence-electron chi connectivity index (χ4n) is 0.951. The van der Waals surface area contributed by atoms with Crippen LogP contribution in [-0.4, -0.2) is 11.8 Å². The molecule has 0 radical (unpaired) electrons. The second kappa shape index (κ2) is 4.93. The lowest BCUT2D eigenvalue weighted by molar-refractivity contribution is -0.119. The molecule has 0 aromatic heterocycles. The summed E-state index contributed by atoms with van der Waals surface area (Å²) < 4.78 is 0.859. The lowest BCUT2D eigenvalue weighted by Crippen LogP contribution is -2.40. The predicted molar refractivity (Wildman–Crippen MR) is 60.2 cm³/mol. The van der Waals surface area contributed by atoms with E-state index in [4.69, 9.17) is 0 Å². The number of hydrogen-bond acceptors (Lipinski definition) is 2. The number of aryl methyl sites for hydroxylation is 1. The Morgan fingerprint density at radius 2 is 1.93 bits per heavy atom. The summed E-state index contributed by atoms with van der Waals surface area (Å²) in [6.07, 6.45) is 0. The van der Waals surface area contributed by atoms with Gasteiger partial charge >= 0.3 is 0 Å². The number of carbonyl (C=O) groups is 2. The minimum Gasteiger partial charge on any atom is -0.274 e. The van der Waals surface area contributed by atoms with Gasteiger partial charge in [0.05, 0.1) is 0 Å². The Bertz CT molecular complexity index is 404. The second-order valence-electron chi connectivity index (χ2n) is 3.10. The first-order valence-corrected chi connectivity index (χ1v) is 5.13. The Labute approximate surface area is 96.2 Å². The van der Waals surface area contributed by atoms with Gasteiger partial charge < -0.3 is 0 Å². The summed E-state index contributed by atoms with van der Waals surface area (Å²) in [4.78, 5) is 22.0. The lowest BCUT2D eigenvalue weighted by Gasteiger charge is -2.06. The van der Waals surface area contributed by atoms with E-state index < -0.39 is 0 Å². The number of nitrogens with one attached hydrogen (secondary N) is 2. The number of hydrogen-bond donors (Lipinski definition) is 2. The van der Waals surface area contributed by atoms with Crippen molar-refractivity contribution >= 4 is 27.7 Å². The molecule has 1 aromatic rings. The lowest BCUT2D eigenvalue weighted by atomic mass is 10.1. The highest BCUT2D eigenvalue weighted by Crippen LogP contribution is 2.17. The topological polar surface area (TPSA) is 58.2 Å². The number of carbonyl (C=O) groups excluding carboxylic acids is 2. The van der Waals surface area contributed by atoms with E-state index in [1.54, 1.807) is 12.1 Å². The molecular formula is C10H11BrN2O2. The molecule has 4 nitrogen and oxygen atoms in total. The zero-order valence-electron chi connectivity index (χ0n) is 8.43. The third kappa shape index (κ3) is 3.36. The van der Waals surface area contributed by atoms with Gasteiger partial charge in [-0.3, -0.25) is 20.4 Å². The molecule has 15 heavy (non-hydrogen) atoms. The van der Waals surface area contributed by atoms with Crippen LogP contribution in [0.2, 0.25) is 0 Å². The van der Waals surface area contributed by atoms with Gasteiger partial charge in [-0.1, -0.05) is 22.0 Å². The highest BCUT2D eigenvalue weighted by Gasteiger charge is 2.06. The van der Waals surface area contributed by atoms with Crippen molar-refractivity contribution in [3.8, 4) is 0 Å². The van der Waals surface area contributed by atoms with Crippen LogP contribution in [0, 0.1) is 6.92 Å². The van der Waals surface area contributed by atoms with Crippen LogP contribution in [-0.2, 0) is 4.79 Å². The van der Waals surface area contributed by atoms with E-state index in [0.717, 1.165) is 10.0 Å². The summed E-state index contributed by atoms with van der Waals surface area (Å²) in [5.41, 5.74) is 6.04. The molecule has 0 aliphatic carbocycles. The Morgan fingerprint density at radius 1 is 1.27 bits per heavy atom. The monoisotopic (exact) mass is 270 g/mol. The number of hydrazine groups is 1. The van der Waals surface area contributed by atoms with E-state index in [-0.39, 0.29) is 11.8 Å². The molecule has 0 saturated heterocycles. The van der Waals surface area contributed by atoms with Crippen LogP contribution >= 0.6 is 15.9 Å². The van der Waals surface area contributed by atoms with E-state index in [0.29, 0.717) is 5.56 Å². The Balaban J connectivity index is 2.74. The van der Waals surface area contributed by atoms with Crippen LogP contribution < -0.4 is 10.9 Å². The maximum atomic E-state index is 11.5. The van der Waals surface area contributed by atoms with E-state index in [2.05, 4.69) is 26.8 Å². The normalized spacial score (nSPS) is 9.53. The number of halogens is 1. The van der Waals surface area contributed by atoms with Crippen molar-refractivity contribution in [1.82, 2.24) is 10.9 Å².